The molecule has 0 atom stereocenters. The molecule has 0 amide bonds. The van der Waals surface area contributed by atoms with Gasteiger partial charge in [0.05, 0.1) is 0 Å². The molecule has 0 aliphatic heterocycles. The standard InChI is InChI=1S/C48H32/c1-3-15-33(16-4-1)35-20-13-21-36(29-35)37-22-14-23-39(30-37)47-42-25-9-11-27-44(42)48(45-28-12-10-26-43(45)47)46-32-40(34-17-5-2-6-18-34)31-38-19-7-8-24-41(38)46/h1-32H. The maximum atomic E-state index is 2.39. The van der Waals surface area contributed by atoms with Crippen LogP contribution in [-0.2, 0) is 0 Å². The van der Waals surface area contributed by atoms with Gasteiger partial charge in [0.15, 0.2) is 0 Å². The molecule has 0 aliphatic rings. The molecule has 0 spiro atoms. The summed E-state index contributed by atoms with van der Waals surface area (Å²) < 4.78 is 0. The average Bonchev–Trinajstić information content (AvgIpc) is 3.17. The van der Waals surface area contributed by atoms with Gasteiger partial charge >= 0.3 is 0 Å². The van der Waals surface area contributed by atoms with Gasteiger partial charge in [0, 0.05) is 0 Å². The largest absolute Gasteiger partial charge is 0.0622 e. The van der Waals surface area contributed by atoms with Crippen molar-refractivity contribution in [1.82, 2.24) is 0 Å². The van der Waals surface area contributed by atoms with Gasteiger partial charge in [-0.1, -0.05) is 170 Å². The third-order valence-electron chi connectivity index (χ3n) is 9.62. The van der Waals surface area contributed by atoms with Crippen LogP contribution in [0.3, 0.4) is 0 Å². The zero-order valence-electron chi connectivity index (χ0n) is 26.5. The molecule has 9 aromatic rings. The summed E-state index contributed by atoms with van der Waals surface area (Å²) in [5.74, 6) is 0. The van der Waals surface area contributed by atoms with E-state index in [1.807, 2.05) is 0 Å². The Kier molecular flexibility index (Phi) is 6.91. The molecule has 224 valence electrons. The van der Waals surface area contributed by atoms with Crippen LogP contribution in [0, 0.1) is 0 Å². The second-order valence-electron chi connectivity index (χ2n) is 12.5. The fourth-order valence-corrected chi connectivity index (χ4v) is 7.41. The lowest BCUT2D eigenvalue weighted by molar-refractivity contribution is 1.58. The van der Waals surface area contributed by atoms with Crippen molar-refractivity contribution in [3.05, 3.63) is 194 Å². The molecule has 0 fully saturated rings. The maximum absolute atomic E-state index is 2.39. The lowest BCUT2D eigenvalue weighted by Gasteiger charge is -2.20. The highest BCUT2D eigenvalue weighted by atomic mass is 14.2. The Balaban J connectivity index is 1.29. The highest BCUT2D eigenvalue weighted by molar-refractivity contribution is 6.24. The third kappa shape index (κ3) is 4.87. The first-order valence-electron chi connectivity index (χ1n) is 16.6. The molecule has 0 aromatic heterocycles. The van der Waals surface area contributed by atoms with Crippen molar-refractivity contribution in [3.63, 3.8) is 0 Å². The van der Waals surface area contributed by atoms with Crippen molar-refractivity contribution in [2.24, 2.45) is 0 Å². The summed E-state index contributed by atoms with van der Waals surface area (Å²) in [7, 11) is 0. The minimum atomic E-state index is 1.21. The Morgan fingerprint density at radius 3 is 1.19 bits per heavy atom. The number of hydrogen-bond acceptors (Lipinski definition) is 0. The van der Waals surface area contributed by atoms with E-state index < -0.39 is 0 Å². The molecular formula is C48H32. The van der Waals surface area contributed by atoms with E-state index in [2.05, 4.69) is 194 Å². The summed E-state index contributed by atoms with van der Waals surface area (Å²) in [6.45, 7) is 0. The number of rotatable bonds is 5. The minimum Gasteiger partial charge on any atom is -0.0622 e. The summed E-state index contributed by atoms with van der Waals surface area (Å²) in [4.78, 5) is 0. The van der Waals surface area contributed by atoms with E-state index in [-0.39, 0.29) is 0 Å². The van der Waals surface area contributed by atoms with Crippen LogP contribution in [0.2, 0.25) is 0 Å². The molecule has 0 heterocycles. The van der Waals surface area contributed by atoms with Crippen LogP contribution in [0.1, 0.15) is 0 Å². The van der Waals surface area contributed by atoms with Crippen LogP contribution in [-0.4, -0.2) is 0 Å². The molecule has 0 radical (unpaired) electrons. The number of benzene rings is 9. The van der Waals surface area contributed by atoms with Crippen LogP contribution >= 0.6 is 0 Å². The second kappa shape index (κ2) is 11.8. The van der Waals surface area contributed by atoms with Gasteiger partial charge in [0.25, 0.3) is 0 Å². The van der Waals surface area contributed by atoms with E-state index in [0.717, 1.165) is 0 Å². The predicted molar refractivity (Wildman–Crippen MR) is 206 cm³/mol. The zero-order chi connectivity index (χ0) is 31.9. The maximum Gasteiger partial charge on any atom is -0.00199 e. The van der Waals surface area contributed by atoms with Gasteiger partial charge in [-0.15, -0.1) is 0 Å². The van der Waals surface area contributed by atoms with Gasteiger partial charge in [-0.05, 0) is 112 Å². The molecule has 0 saturated carbocycles. The van der Waals surface area contributed by atoms with Gasteiger partial charge in [-0.25, -0.2) is 0 Å². The second-order valence-corrected chi connectivity index (χ2v) is 12.5. The summed E-state index contributed by atoms with van der Waals surface area (Å²) in [5, 5.41) is 7.55. The van der Waals surface area contributed by atoms with Crippen LogP contribution in [0.5, 0.6) is 0 Å². The summed E-state index contributed by atoms with van der Waals surface area (Å²) in [6, 6.07) is 70.7. The zero-order valence-corrected chi connectivity index (χ0v) is 26.5. The summed E-state index contributed by atoms with van der Waals surface area (Å²) in [5.41, 5.74) is 12.4. The fraction of sp³-hybridized carbons (Fsp3) is 0. The van der Waals surface area contributed by atoms with Crippen molar-refractivity contribution in [2.45, 2.75) is 0 Å². The van der Waals surface area contributed by atoms with E-state index in [1.165, 1.54) is 88.0 Å². The fourth-order valence-electron chi connectivity index (χ4n) is 7.41. The van der Waals surface area contributed by atoms with Crippen LogP contribution in [0.25, 0.3) is 88.0 Å². The summed E-state index contributed by atoms with van der Waals surface area (Å²) in [6.07, 6.45) is 0. The minimum absolute atomic E-state index is 1.21. The first-order chi connectivity index (χ1) is 23.8. The lowest BCUT2D eigenvalue weighted by atomic mass is 9.83. The molecule has 0 aliphatic carbocycles. The normalized spacial score (nSPS) is 11.3. The SMILES string of the molecule is c1ccc(-c2cccc(-c3cccc(-c4c5ccccc5c(-c5cc(-c6ccccc6)cc6ccccc56)c5ccccc45)c3)c2)cc1. The van der Waals surface area contributed by atoms with E-state index in [1.54, 1.807) is 0 Å². The smallest absolute Gasteiger partial charge is 0.00199 e. The molecule has 9 aromatic carbocycles. The molecule has 0 nitrogen and oxygen atoms in total. The Morgan fingerprint density at radius 1 is 0.208 bits per heavy atom. The monoisotopic (exact) mass is 608 g/mol. The summed E-state index contributed by atoms with van der Waals surface area (Å²) >= 11 is 0. The Bertz CT molecular complexity index is 2540. The Hall–Kier alpha value is -6.24. The molecule has 0 heteroatoms. The number of hydrogen-bond donors (Lipinski definition) is 0. The van der Waals surface area contributed by atoms with Gasteiger partial charge in [0.1, 0.15) is 0 Å². The average molecular weight is 609 g/mol. The molecule has 9 rings (SSSR count). The third-order valence-corrected chi connectivity index (χ3v) is 9.62. The first-order valence-corrected chi connectivity index (χ1v) is 16.6. The van der Waals surface area contributed by atoms with E-state index >= 15 is 0 Å². The first kappa shape index (κ1) is 28.0. The van der Waals surface area contributed by atoms with Gasteiger partial charge in [-0.2, -0.15) is 0 Å². The molecule has 0 unspecified atom stereocenters. The quantitative estimate of drug-likeness (QED) is 0.171. The highest BCUT2D eigenvalue weighted by Crippen LogP contribution is 2.46. The van der Waals surface area contributed by atoms with Crippen molar-refractivity contribution < 1.29 is 0 Å². The van der Waals surface area contributed by atoms with E-state index in [0.29, 0.717) is 0 Å². The Labute approximate surface area is 281 Å². The Morgan fingerprint density at radius 2 is 0.604 bits per heavy atom. The molecule has 48 heavy (non-hydrogen) atoms. The van der Waals surface area contributed by atoms with Gasteiger partial charge < -0.3 is 0 Å². The van der Waals surface area contributed by atoms with E-state index in [9.17, 15) is 0 Å². The van der Waals surface area contributed by atoms with Crippen LogP contribution in [0.15, 0.2) is 194 Å². The van der Waals surface area contributed by atoms with Gasteiger partial charge in [-0.3, -0.25) is 0 Å². The molecular weight excluding hydrogens is 577 g/mol. The number of fused-ring (bicyclic) bond motifs is 3. The van der Waals surface area contributed by atoms with Crippen molar-refractivity contribution in [3.8, 4) is 55.6 Å². The predicted octanol–water partition coefficient (Wildman–Crippen LogP) is 13.5. The molecule has 0 saturated heterocycles. The van der Waals surface area contributed by atoms with Crippen molar-refractivity contribution in [2.75, 3.05) is 0 Å². The highest BCUT2D eigenvalue weighted by Gasteiger charge is 2.19. The van der Waals surface area contributed by atoms with Crippen molar-refractivity contribution >= 4 is 32.3 Å². The van der Waals surface area contributed by atoms with E-state index in [4.69, 9.17) is 0 Å². The lowest BCUT2D eigenvalue weighted by Crippen LogP contribution is -1.93. The van der Waals surface area contributed by atoms with Gasteiger partial charge in [0.2, 0.25) is 0 Å². The van der Waals surface area contributed by atoms with Crippen LogP contribution in [0.4, 0.5) is 0 Å². The molecule has 0 bridgehead atoms. The molecule has 0 N–H and O–H groups in total. The topological polar surface area (TPSA) is 0 Å². The van der Waals surface area contributed by atoms with Crippen LogP contribution < -0.4 is 0 Å². The van der Waals surface area contributed by atoms with Crippen molar-refractivity contribution in [1.29, 1.82) is 0 Å².